The topological polar surface area (TPSA) is 159 Å². The van der Waals surface area contributed by atoms with Gasteiger partial charge in [0, 0.05) is 57.7 Å². The molecule has 2 aromatic heterocycles. The lowest BCUT2D eigenvalue weighted by Gasteiger charge is -2.36. The highest BCUT2D eigenvalue weighted by Gasteiger charge is 2.44. The van der Waals surface area contributed by atoms with Gasteiger partial charge in [0.05, 0.1) is 30.7 Å². The first-order valence-electron chi connectivity index (χ1n) is 26.7. The molecule has 2 atom stereocenters. The van der Waals surface area contributed by atoms with Gasteiger partial charge in [0.1, 0.15) is 28.5 Å². The molecule has 4 saturated carbocycles. The lowest BCUT2D eigenvalue weighted by Crippen LogP contribution is -2.26. The number of aliphatic carboxylic acids is 1. The van der Waals surface area contributed by atoms with E-state index in [1.807, 2.05) is 41.5 Å². The summed E-state index contributed by atoms with van der Waals surface area (Å²) in [7, 11) is 0. The molecule has 0 aliphatic heterocycles. The molecule has 1 N–H and O–H groups in total. The monoisotopic (exact) mass is 1010 g/mol. The molecule has 0 saturated heterocycles. The molecule has 0 amide bonds. The van der Waals surface area contributed by atoms with Crippen LogP contribution < -0.4 is 0 Å². The summed E-state index contributed by atoms with van der Waals surface area (Å²) in [6.45, 7) is 20.1. The summed E-state index contributed by atoms with van der Waals surface area (Å²) < 4.78 is 23.0. The first-order valence-corrected chi connectivity index (χ1v) is 27.4. The third-order valence-electron chi connectivity index (χ3n) is 15.1. The van der Waals surface area contributed by atoms with E-state index in [4.69, 9.17) is 41.7 Å². The maximum absolute atomic E-state index is 13.3. The standard InChI is InChI=1S/C32H43Cl2NO4.C25H39NO5/c1-6-19(7-2)12-20-13-24(14-20)31-29(21-8-9-21)30(35-39-31)23(17-28(37)38-32(3,4)5)16-26(36)15-22-10-11-25(33)18-27(22)34;1-6-15(7-2)10-16-11-19(12-16)24-22(17-8-9-17)23(26-31-24)18(13-20(27)28)14-21(29)30-25(3,4)5/h10-11,18-21,23-24H,6-9,12-17H2,1-5H3;15-19H,6-14H2,1-5H3,(H,27,28). The maximum Gasteiger partial charge on any atom is 0.307 e. The number of ether oxygens (including phenoxy) is 2. The van der Waals surface area contributed by atoms with Gasteiger partial charge in [-0.3, -0.25) is 19.2 Å². The molecule has 13 heteroatoms. The number of hydrogen-bond donors (Lipinski definition) is 1. The van der Waals surface area contributed by atoms with Crippen LogP contribution in [-0.2, 0) is 35.1 Å². The Morgan fingerprint density at radius 3 is 1.41 bits per heavy atom. The Hall–Kier alpha value is -3.70. The smallest absolute Gasteiger partial charge is 0.307 e. The third kappa shape index (κ3) is 15.9. The highest BCUT2D eigenvalue weighted by Crippen LogP contribution is 2.55. The van der Waals surface area contributed by atoms with Crippen LogP contribution in [0.4, 0.5) is 0 Å². The number of ketones is 1. The van der Waals surface area contributed by atoms with Gasteiger partial charge in [-0.2, -0.15) is 0 Å². The maximum atomic E-state index is 13.3. The lowest BCUT2D eigenvalue weighted by molar-refractivity contribution is -0.156. The second-order valence-corrected chi connectivity index (χ2v) is 24.2. The second kappa shape index (κ2) is 24.3. The number of rotatable bonds is 24. The molecule has 4 aliphatic carbocycles. The predicted octanol–water partition coefficient (Wildman–Crippen LogP) is 15.4. The first-order chi connectivity index (χ1) is 33.1. The summed E-state index contributed by atoms with van der Waals surface area (Å²) >= 11 is 12.4. The zero-order valence-electron chi connectivity index (χ0n) is 43.8. The van der Waals surface area contributed by atoms with Crippen LogP contribution in [0.2, 0.25) is 10.0 Å². The van der Waals surface area contributed by atoms with Crippen molar-refractivity contribution >= 4 is 46.9 Å². The minimum atomic E-state index is -0.936. The fourth-order valence-corrected chi connectivity index (χ4v) is 11.5. The van der Waals surface area contributed by atoms with Gasteiger partial charge in [-0.05, 0) is 159 Å². The number of halogens is 2. The van der Waals surface area contributed by atoms with Crippen LogP contribution >= 0.6 is 23.2 Å². The summed E-state index contributed by atoms with van der Waals surface area (Å²) in [6, 6.07) is 5.16. The largest absolute Gasteiger partial charge is 0.481 e. The summed E-state index contributed by atoms with van der Waals surface area (Å²) in [5.74, 6) is 4.01. The van der Waals surface area contributed by atoms with E-state index in [0.717, 1.165) is 109 Å². The second-order valence-electron chi connectivity index (χ2n) is 23.4. The van der Waals surface area contributed by atoms with Gasteiger partial charge >= 0.3 is 17.9 Å². The SMILES string of the molecule is CCC(CC)CC1CC(c2onc(C(CC(=O)Cc3ccc(Cl)cc3Cl)CC(=O)OC(C)(C)C)c2C2CC2)C1.CCC(CC)CC1CC(c2onc(C(CC(=O)O)CC(=O)OC(C)(C)C)c2C2CC2)C1. The molecule has 2 heterocycles. The van der Waals surface area contributed by atoms with Gasteiger partial charge in [-0.25, -0.2) is 0 Å². The Bertz CT molecular complexity index is 2220. The summed E-state index contributed by atoms with van der Waals surface area (Å²) in [5, 5.41) is 19.4. The quantitative estimate of drug-likeness (QED) is 0.0851. The molecule has 4 fully saturated rings. The highest BCUT2D eigenvalue weighted by atomic mass is 35.5. The summed E-state index contributed by atoms with van der Waals surface area (Å²) in [4.78, 5) is 50.3. The first kappa shape index (κ1) is 55.6. The van der Waals surface area contributed by atoms with Crippen molar-refractivity contribution in [3.05, 3.63) is 67.8 Å². The van der Waals surface area contributed by atoms with Crippen molar-refractivity contribution in [3.8, 4) is 0 Å². The van der Waals surface area contributed by atoms with Gasteiger partial charge < -0.3 is 23.6 Å². The van der Waals surface area contributed by atoms with Gasteiger partial charge in [0.25, 0.3) is 0 Å². The molecule has 388 valence electrons. The van der Waals surface area contributed by atoms with Crippen molar-refractivity contribution in [1.82, 2.24) is 10.3 Å². The van der Waals surface area contributed by atoms with Crippen molar-refractivity contribution < 1.29 is 42.8 Å². The molecule has 1 aromatic carbocycles. The fourth-order valence-electron chi connectivity index (χ4n) is 11.0. The van der Waals surface area contributed by atoms with Gasteiger partial charge in [0.2, 0.25) is 0 Å². The fraction of sp³-hybridized carbons (Fsp3) is 0.719. The molecular formula is C57H82Cl2N2O9. The molecule has 4 aliphatic rings. The average molecular weight is 1010 g/mol. The van der Waals surface area contributed by atoms with E-state index in [1.165, 1.54) is 38.5 Å². The van der Waals surface area contributed by atoms with E-state index in [1.54, 1.807) is 18.2 Å². The zero-order valence-corrected chi connectivity index (χ0v) is 45.3. The Morgan fingerprint density at radius 2 is 1.06 bits per heavy atom. The molecule has 0 spiro atoms. The Labute approximate surface area is 427 Å². The zero-order chi connectivity index (χ0) is 51.1. The molecule has 11 nitrogen and oxygen atoms in total. The number of benzene rings is 1. The van der Waals surface area contributed by atoms with Crippen molar-refractivity contribution in [3.63, 3.8) is 0 Å². The van der Waals surface area contributed by atoms with Crippen LogP contribution in [0.3, 0.4) is 0 Å². The number of hydrogen-bond acceptors (Lipinski definition) is 10. The van der Waals surface area contributed by atoms with Gasteiger partial charge in [-0.15, -0.1) is 0 Å². The van der Waals surface area contributed by atoms with Crippen LogP contribution in [0.15, 0.2) is 27.2 Å². The average Bonchev–Trinajstić information content (AvgIpc) is 4.18. The van der Waals surface area contributed by atoms with E-state index in [0.29, 0.717) is 39.4 Å². The van der Waals surface area contributed by atoms with Crippen molar-refractivity contribution in [2.45, 2.75) is 238 Å². The van der Waals surface area contributed by atoms with E-state index in [9.17, 15) is 24.3 Å². The van der Waals surface area contributed by atoms with E-state index in [2.05, 4.69) is 38.0 Å². The van der Waals surface area contributed by atoms with Crippen LogP contribution in [0.5, 0.6) is 0 Å². The van der Waals surface area contributed by atoms with E-state index < -0.39 is 29.0 Å². The third-order valence-corrected chi connectivity index (χ3v) is 15.7. The lowest BCUT2D eigenvalue weighted by atomic mass is 9.68. The number of carboxylic acid groups (broad SMARTS) is 1. The molecular weight excluding hydrogens is 928 g/mol. The number of Topliss-reactive ketones (excluding diaryl/α,β-unsaturated/α-hetero) is 1. The van der Waals surface area contributed by atoms with Crippen LogP contribution in [0.25, 0.3) is 0 Å². The van der Waals surface area contributed by atoms with E-state index >= 15 is 0 Å². The number of esters is 2. The molecule has 70 heavy (non-hydrogen) atoms. The number of carbonyl (C=O) groups is 4. The summed E-state index contributed by atoms with van der Waals surface area (Å²) in [6.07, 6.45) is 16.7. The molecule has 7 rings (SSSR count). The van der Waals surface area contributed by atoms with Crippen molar-refractivity contribution in [2.24, 2.45) is 23.7 Å². The van der Waals surface area contributed by atoms with Crippen LogP contribution in [-0.4, -0.2) is 50.3 Å². The number of nitrogens with zero attached hydrogens (tertiary/aromatic N) is 2. The molecule has 3 aromatic rings. The minimum Gasteiger partial charge on any atom is -0.481 e. The van der Waals surface area contributed by atoms with Crippen molar-refractivity contribution in [2.75, 3.05) is 0 Å². The molecule has 2 unspecified atom stereocenters. The Balaban J connectivity index is 0.000000236. The van der Waals surface area contributed by atoms with E-state index in [-0.39, 0.29) is 49.8 Å². The number of carboxylic acids is 1. The minimum absolute atomic E-state index is 0.00652. The predicted molar refractivity (Wildman–Crippen MR) is 274 cm³/mol. The normalized spacial score (nSPS) is 21.1. The van der Waals surface area contributed by atoms with Gasteiger partial charge in [-0.1, -0.05) is 93.0 Å². The molecule has 0 bridgehead atoms. The van der Waals surface area contributed by atoms with Crippen molar-refractivity contribution in [1.29, 1.82) is 0 Å². The van der Waals surface area contributed by atoms with Crippen LogP contribution in [0, 0.1) is 23.7 Å². The van der Waals surface area contributed by atoms with Crippen LogP contribution in [0.1, 0.15) is 260 Å². The summed E-state index contributed by atoms with van der Waals surface area (Å²) in [5.41, 5.74) is 3.23. The highest BCUT2D eigenvalue weighted by molar-refractivity contribution is 6.35. The van der Waals surface area contributed by atoms with Gasteiger partial charge in [0.15, 0.2) is 0 Å². The molecule has 0 radical (unpaired) electrons. The Morgan fingerprint density at radius 1 is 0.643 bits per heavy atom. The number of aromatic nitrogens is 2. The number of carbonyl (C=O) groups excluding carboxylic acids is 3. The Kier molecular flexibility index (Phi) is 19.3.